The Balaban J connectivity index is -0.000000245. The van der Waals surface area contributed by atoms with Crippen molar-refractivity contribution in [1.29, 1.82) is 0 Å². The van der Waals surface area contributed by atoms with Crippen molar-refractivity contribution < 1.29 is 56.3 Å². The number of hydrogen-bond donors (Lipinski definition) is 2. The molecule has 0 saturated heterocycles. The summed E-state index contributed by atoms with van der Waals surface area (Å²) in [6, 6.07) is 0. The van der Waals surface area contributed by atoms with E-state index >= 15 is 0 Å². The number of aliphatic carboxylic acids is 2. The van der Waals surface area contributed by atoms with Gasteiger partial charge in [0.05, 0.1) is 0 Å². The quantitative estimate of drug-likeness (QED) is 0.517. The van der Waals surface area contributed by atoms with Gasteiger partial charge in [0.15, 0.2) is 0 Å². The summed E-state index contributed by atoms with van der Waals surface area (Å²) >= 11 is 0. The first-order valence-corrected chi connectivity index (χ1v) is 1.77. The molecule has 0 unspecified atom stereocenters. The third kappa shape index (κ3) is 15.7. The molecule has 0 saturated carbocycles. The maximum absolute atomic E-state index is 9.55. The predicted molar refractivity (Wildman–Crippen MR) is 24.4 cm³/mol. The van der Waals surface area contributed by atoms with E-state index in [-0.39, 0.29) is 36.5 Å². The van der Waals surface area contributed by atoms with Crippen molar-refractivity contribution in [2.45, 2.75) is 0 Å². The third-order valence-electron chi connectivity index (χ3n) is 0.368. The largest absolute Gasteiger partial charge is 2.00 e. The summed E-state index contributed by atoms with van der Waals surface area (Å²) in [6.45, 7) is 0. The van der Waals surface area contributed by atoms with E-state index in [4.69, 9.17) is 10.2 Å². The Morgan fingerprint density at radius 3 is 1.30 bits per heavy atom. The molecule has 4 nitrogen and oxygen atoms in total. The number of rotatable bonds is 2. The number of carboxylic acid groups (broad SMARTS) is 2. The van der Waals surface area contributed by atoms with Crippen LogP contribution in [0.1, 0.15) is 0 Å². The molecule has 0 aliphatic carbocycles. The minimum atomic E-state index is -1.26. The van der Waals surface area contributed by atoms with Crippen LogP contribution in [-0.2, 0) is 46.1 Å². The molecule has 6 heteroatoms. The maximum atomic E-state index is 9.55. The fourth-order valence-corrected chi connectivity index (χ4v) is 0.143. The normalized spacial score (nSPS) is 7.60. The smallest absolute Gasteiger partial charge is 0.478 e. The van der Waals surface area contributed by atoms with E-state index < -0.39 is 11.9 Å². The van der Waals surface area contributed by atoms with Gasteiger partial charge in [-0.3, -0.25) is 0 Å². The van der Waals surface area contributed by atoms with Gasteiger partial charge >= 0.3 is 48.5 Å². The first kappa shape index (κ1) is 16.4. The molecule has 0 heterocycles. The van der Waals surface area contributed by atoms with E-state index in [1.54, 1.807) is 0 Å². The fraction of sp³-hybridized carbons (Fsp3) is 0. The molecule has 0 atom stereocenters. The Kier molecular flexibility index (Phi) is 14.5. The molecular weight excluding hydrogens is 241 g/mol. The van der Waals surface area contributed by atoms with Crippen LogP contribution >= 0.6 is 0 Å². The van der Waals surface area contributed by atoms with Crippen molar-refractivity contribution in [3.05, 3.63) is 12.2 Å². The summed E-state index contributed by atoms with van der Waals surface area (Å²) in [6.07, 6.45) is 1.12. The Hall–Kier alpha value is -0.177. The Morgan fingerprint density at radius 2 is 1.20 bits per heavy atom. The number of carbonyl (C=O) groups is 2. The summed E-state index contributed by atoms with van der Waals surface area (Å²) in [4.78, 5) is 19.1. The molecule has 0 fully saturated rings. The van der Waals surface area contributed by atoms with Gasteiger partial charge in [-0.2, -0.15) is 0 Å². The van der Waals surface area contributed by atoms with Crippen LogP contribution in [0.3, 0.4) is 0 Å². The van der Waals surface area contributed by atoms with E-state index in [1.165, 1.54) is 0 Å². The molecule has 0 bridgehead atoms. The SMILES string of the molecule is O=C(O)/C=C\C(=O)O.[Cu+2].[Zn+2]. The molecular formula is C4H4CuO4Zn+4. The average molecular weight is 245 g/mol. The van der Waals surface area contributed by atoms with E-state index in [0.29, 0.717) is 12.2 Å². The number of hydrogen-bond acceptors (Lipinski definition) is 2. The molecule has 1 radical (unpaired) electrons. The molecule has 0 spiro atoms. The molecule has 0 amide bonds. The van der Waals surface area contributed by atoms with Gasteiger partial charge in [0.25, 0.3) is 0 Å². The number of carboxylic acids is 2. The van der Waals surface area contributed by atoms with E-state index in [1.807, 2.05) is 0 Å². The van der Waals surface area contributed by atoms with Crippen LogP contribution < -0.4 is 0 Å². The van der Waals surface area contributed by atoms with Gasteiger partial charge in [-0.25, -0.2) is 9.59 Å². The fourth-order valence-electron chi connectivity index (χ4n) is 0.143. The van der Waals surface area contributed by atoms with Gasteiger partial charge in [-0.05, 0) is 0 Å². The van der Waals surface area contributed by atoms with Crippen molar-refractivity contribution >= 4 is 11.9 Å². The second-order valence-corrected chi connectivity index (χ2v) is 1.01. The second-order valence-electron chi connectivity index (χ2n) is 1.01. The molecule has 0 rings (SSSR count). The van der Waals surface area contributed by atoms with Gasteiger partial charge in [-0.15, -0.1) is 0 Å². The molecule has 0 aromatic heterocycles. The van der Waals surface area contributed by atoms with Crippen LogP contribution in [0.5, 0.6) is 0 Å². The third-order valence-corrected chi connectivity index (χ3v) is 0.368. The van der Waals surface area contributed by atoms with E-state index in [0.717, 1.165) is 0 Å². The maximum Gasteiger partial charge on any atom is 2.00 e. The Bertz CT molecular complexity index is 128. The van der Waals surface area contributed by atoms with Crippen molar-refractivity contribution in [1.82, 2.24) is 0 Å². The van der Waals surface area contributed by atoms with Crippen molar-refractivity contribution in [2.75, 3.05) is 0 Å². The summed E-state index contributed by atoms with van der Waals surface area (Å²) in [5.41, 5.74) is 0. The molecule has 0 aliphatic rings. The zero-order valence-corrected chi connectivity index (χ0v) is 8.78. The van der Waals surface area contributed by atoms with Crippen LogP contribution in [0.15, 0.2) is 12.2 Å². The molecule has 53 valence electrons. The van der Waals surface area contributed by atoms with Crippen LogP contribution in [0.2, 0.25) is 0 Å². The Labute approximate surface area is 80.5 Å². The molecule has 0 aromatic carbocycles. The average Bonchev–Trinajstić information content (AvgIpc) is 1.61. The van der Waals surface area contributed by atoms with Crippen LogP contribution in [-0.4, -0.2) is 22.2 Å². The molecule has 10 heavy (non-hydrogen) atoms. The minimum absolute atomic E-state index is 0. The summed E-state index contributed by atoms with van der Waals surface area (Å²) in [5.74, 6) is -2.51. The van der Waals surface area contributed by atoms with E-state index in [2.05, 4.69) is 0 Å². The van der Waals surface area contributed by atoms with Gasteiger partial charge < -0.3 is 10.2 Å². The van der Waals surface area contributed by atoms with Gasteiger partial charge in [0.1, 0.15) is 0 Å². The first-order chi connectivity index (χ1) is 3.63. The molecule has 0 aromatic rings. The van der Waals surface area contributed by atoms with Crippen LogP contribution in [0.4, 0.5) is 0 Å². The van der Waals surface area contributed by atoms with Crippen LogP contribution in [0.25, 0.3) is 0 Å². The Morgan fingerprint density at radius 1 is 1.00 bits per heavy atom. The topological polar surface area (TPSA) is 74.6 Å². The first-order valence-electron chi connectivity index (χ1n) is 1.77. The zero-order valence-electron chi connectivity index (χ0n) is 4.87. The minimum Gasteiger partial charge on any atom is -0.478 e. The summed E-state index contributed by atoms with van der Waals surface area (Å²) in [7, 11) is 0. The second kappa shape index (κ2) is 8.82. The van der Waals surface area contributed by atoms with Gasteiger partial charge in [0, 0.05) is 12.2 Å². The van der Waals surface area contributed by atoms with Crippen molar-refractivity contribution in [3.63, 3.8) is 0 Å². The summed E-state index contributed by atoms with van der Waals surface area (Å²) in [5, 5.41) is 15.6. The monoisotopic (exact) mass is 243 g/mol. The van der Waals surface area contributed by atoms with Crippen molar-refractivity contribution in [2.24, 2.45) is 0 Å². The summed E-state index contributed by atoms with van der Waals surface area (Å²) < 4.78 is 0. The van der Waals surface area contributed by atoms with E-state index in [9.17, 15) is 9.59 Å². The molecule has 0 aliphatic heterocycles. The zero-order chi connectivity index (χ0) is 6.57. The molecule has 2 N–H and O–H groups in total. The van der Waals surface area contributed by atoms with Gasteiger partial charge in [-0.1, -0.05) is 0 Å². The van der Waals surface area contributed by atoms with Gasteiger partial charge in [0.2, 0.25) is 0 Å². The standard InChI is InChI=1S/C4H4O4.Cu.Zn/c5-3(6)1-2-4(7)8;;/h1-2H,(H,5,6)(H,7,8);;/q;2*+2/b2-1-;;. The van der Waals surface area contributed by atoms with Crippen molar-refractivity contribution in [3.8, 4) is 0 Å². The van der Waals surface area contributed by atoms with Crippen LogP contribution in [0, 0.1) is 0 Å². The predicted octanol–water partition coefficient (Wildman–Crippen LogP) is -0.293.